The van der Waals surface area contributed by atoms with E-state index in [1.54, 1.807) is 18.2 Å². The summed E-state index contributed by atoms with van der Waals surface area (Å²) in [5, 5.41) is 23.8. The quantitative estimate of drug-likeness (QED) is 0.657. The molecule has 1 heterocycles. The second-order valence-corrected chi connectivity index (χ2v) is 5.59. The van der Waals surface area contributed by atoms with Gasteiger partial charge >= 0.3 is 5.69 Å². The minimum absolute atomic E-state index is 0.0971. The number of halogens is 1. The molecular formula is C16H10BrN3O3. The Morgan fingerprint density at radius 3 is 2.52 bits per heavy atom. The van der Waals surface area contributed by atoms with Crippen molar-refractivity contribution in [1.82, 2.24) is 5.16 Å². The molecule has 0 spiro atoms. The number of nitrogens with zero attached hydrogens (tertiary/aromatic N) is 3. The van der Waals surface area contributed by atoms with Crippen LogP contribution in [0.5, 0.6) is 5.75 Å². The average Bonchev–Trinajstić information content (AvgIpc) is 2.95. The number of hydrogen-bond donors (Lipinski definition) is 0. The molecule has 0 aliphatic carbocycles. The Morgan fingerprint density at radius 1 is 1.17 bits per heavy atom. The Bertz CT molecular complexity index is 852. The first-order valence-corrected chi connectivity index (χ1v) is 7.44. The Balaban J connectivity index is 1.72. The topological polar surface area (TPSA) is 86.0 Å². The minimum Gasteiger partial charge on any atom is -0.489 e. The summed E-state index contributed by atoms with van der Waals surface area (Å²) in [5.74, 6) is 0.771. The van der Waals surface area contributed by atoms with Crippen LogP contribution >= 0.6 is 15.9 Å². The fourth-order valence-electron chi connectivity index (χ4n) is 1.99. The fourth-order valence-corrected chi connectivity index (χ4v) is 2.25. The van der Waals surface area contributed by atoms with Crippen LogP contribution in [0.3, 0.4) is 0 Å². The third-order valence-corrected chi connectivity index (χ3v) is 3.69. The standard InChI is InChI=1S/C16H10BrN3O3/c17-13-5-7-14(8-6-13)22-10-11-1-3-12(4-2-11)16-15(9-18)20(21)23-19-16/h1-8H,10H2. The van der Waals surface area contributed by atoms with Crippen molar-refractivity contribution in [1.29, 1.82) is 5.26 Å². The van der Waals surface area contributed by atoms with Crippen LogP contribution in [0.4, 0.5) is 0 Å². The minimum atomic E-state index is -0.163. The molecule has 114 valence electrons. The average molecular weight is 372 g/mol. The predicted molar refractivity (Wildman–Crippen MR) is 84.1 cm³/mol. The van der Waals surface area contributed by atoms with Gasteiger partial charge in [0.15, 0.2) is 6.07 Å². The highest BCUT2D eigenvalue weighted by Gasteiger charge is 2.20. The van der Waals surface area contributed by atoms with Gasteiger partial charge in [-0.25, -0.2) is 0 Å². The molecule has 2 aromatic carbocycles. The molecule has 0 fully saturated rings. The van der Waals surface area contributed by atoms with Crippen LogP contribution in [-0.4, -0.2) is 5.16 Å². The Labute approximate surface area is 140 Å². The van der Waals surface area contributed by atoms with E-state index in [9.17, 15) is 5.21 Å². The third-order valence-electron chi connectivity index (χ3n) is 3.17. The molecule has 0 radical (unpaired) electrons. The van der Waals surface area contributed by atoms with Crippen LogP contribution in [-0.2, 0) is 6.61 Å². The molecule has 0 saturated carbocycles. The smallest absolute Gasteiger partial charge is 0.302 e. The second-order valence-electron chi connectivity index (χ2n) is 4.68. The molecule has 7 heteroatoms. The molecule has 23 heavy (non-hydrogen) atoms. The van der Waals surface area contributed by atoms with Crippen LogP contribution < -0.4 is 9.64 Å². The molecule has 0 saturated heterocycles. The van der Waals surface area contributed by atoms with Gasteiger partial charge in [-0.15, -0.1) is 0 Å². The summed E-state index contributed by atoms with van der Waals surface area (Å²) < 4.78 is 11.1. The number of nitriles is 1. The van der Waals surface area contributed by atoms with E-state index in [4.69, 9.17) is 10.00 Å². The van der Waals surface area contributed by atoms with E-state index in [1.165, 1.54) is 0 Å². The molecule has 0 bridgehead atoms. The van der Waals surface area contributed by atoms with Crippen LogP contribution in [0.15, 0.2) is 57.6 Å². The lowest BCUT2D eigenvalue weighted by Crippen LogP contribution is -2.26. The first-order valence-electron chi connectivity index (χ1n) is 6.65. The molecular weight excluding hydrogens is 362 g/mol. The highest BCUT2D eigenvalue weighted by atomic mass is 79.9. The van der Waals surface area contributed by atoms with Gasteiger partial charge in [-0.1, -0.05) is 28.1 Å². The van der Waals surface area contributed by atoms with E-state index in [0.29, 0.717) is 12.2 Å². The Hall–Kier alpha value is -2.85. The van der Waals surface area contributed by atoms with Crippen molar-refractivity contribution in [3.63, 3.8) is 0 Å². The first kappa shape index (κ1) is 15.1. The second kappa shape index (κ2) is 6.50. The highest BCUT2D eigenvalue weighted by molar-refractivity contribution is 9.10. The monoisotopic (exact) mass is 371 g/mol. The van der Waals surface area contributed by atoms with Crippen molar-refractivity contribution in [2.24, 2.45) is 0 Å². The summed E-state index contributed by atoms with van der Waals surface area (Å²) >= 11 is 3.37. The van der Waals surface area contributed by atoms with E-state index in [0.717, 1.165) is 15.8 Å². The van der Waals surface area contributed by atoms with Crippen LogP contribution in [0.2, 0.25) is 0 Å². The van der Waals surface area contributed by atoms with Gasteiger partial charge in [-0.3, -0.25) is 4.63 Å². The molecule has 0 aliphatic rings. The van der Waals surface area contributed by atoms with Crippen molar-refractivity contribution < 1.29 is 14.3 Å². The summed E-state index contributed by atoms with van der Waals surface area (Å²) in [6, 6.07) is 16.6. The summed E-state index contributed by atoms with van der Waals surface area (Å²) in [6.07, 6.45) is 0. The molecule has 0 N–H and O–H groups in total. The van der Waals surface area contributed by atoms with E-state index >= 15 is 0 Å². The van der Waals surface area contributed by atoms with Crippen molar-refractivity contribution >= 4 is 15.9 Å². The molecule has 3 aromatic rings. The van der Waals surface area contributed by atoms with Gasteiger partial charge in [0.2, 0.25) is 0 Å². The maximum atomic E-state index is 11.2. The van der Waals surface area contributed by atoms with Gasteiger partial charge in [0, 0.05) is 15.2 Å². The lowest BCUT2D eigenvalue weighted by Gasteiger charge is -2.06. The summed E-state index contributed by atoms with van der Waals surface area (Å²) in [7, 11) is 0. The normalized spacial score (nSPS) is 10.3. The van der Waals surface area contributed by atoms with Crippen molar-refractivity contribution in [2.75, 3.05) is 0 Å². The number of aromatic nitrogens is 2. The fraction of sp³-hybridized carbons (Fsp3) is 0.0625. The zero-order valence-electron chi connectivity index (χ0n) is 11.8. The number of rotatable bonds is 4. The van der Waals surface area contributed by atoms with Gasteiger partial charge in [-0.05, 0) is 46.9 Å². The number of hydrogen-bond acceptors (Lipinski definition) is 5. The lowest BCUT2D eigenvalue weighted by molar-refractivity contribution is -0.804. The molecule has 6 nitrogen and oxygen atoms in total. The first-order chi connectivity index (χ1) is 11.2. The molecule has 0 atom stereocenters. The van der Waals surface area contributed by atoms with Crippen LogP contribution in [0.1, 0.15) is 11.3 Å². The van der Waals surface area contributed by atoms with Crippen LogP contribution in [0.25, 0.3) is 11.3 Å². The molecule has 0 unspecified atom stereocenters. The molecule has 1 aromatic heterocycles. The number of benzene rings is 2. The van der Waals surface area contributed by atoms with Crippen molar-refractivity contribution in [3.05, 3.63) is 69.5 Å². The SMILES string of the molecule is N#Cc1c(-c2ccc(COc3ccc(Br)cc3)cc2)no[n+]1[O-]. The molecule has 3 rings (SSSR count). The Kier molecular flexibility index (Phi) is 4.26. The maximum Gasteiger partial charge on any atom is 0.302 e. The van der Waals surface area contributed by atoms with Crippen LogP contribution in [0, 0.1) is 16.5 Å². The summed E-state index contributed by atoms with van der Waals surface area (Å²) in [5.41, 5.74) is 1.65. The maximum absolute atomic E-state index is 11.2. The lowest BCUT2D eigenvalue weighted by atomic mass is 10.1. The molecule has 0 aliphatic heterocycles. The Morgan fingerprint density at radius 2 is 1.87 bits per heavy atom. The van der Waals surface area contributed by atoms with E-state index in [2.05, 4.69) is 25.7 Å². The highest BCUT2D eigenvalue weighted by Crippen LogP contribution is 2.21. The number of ether oxygens (including phenoxy) is 1. The van der Waals surface area contributed by atoms with E-state index in [-0.39, 0.29) is 16.3 Å². The largest absolute Gasteiger partial charge is 0.489 e. The van der Waals surface area contributed by atoms with Gasteiger partial charge in [0.25, 0.3) is 5.69 Å². The molecule has 0 amide bonds. The van der Waals surface area contributed by atoms with Crippen molar-refractivity contribution in [2.45, 2.75) is 6.61 Å². The summed E-state index contributed by atoms with van der Waals surface area (Å²) in [6.45, 7) is 0.410. The zero-order valence-corrected chi connectivity index (χ0v) is 13.4. The van der Waals surface area contributed by atoms with Gasteiger partial charge in [-0.2, -0.15) is 5.26 Å². The van der Waals surface area contributed by atoms with Crippen molar-refractivity contribution in [3.8, 4) is 23.1 Å². The van der Waals surface area contributed by atoms with Gasteiger partial charge in [0.1, 0.15) is 12.4 Å². The van der Waals surface area contributed by atoms with Gasteiger partial charge < -0.3 is 9.94 Å². The zero-order chi connectivity index (χ0) is 16.2. The summed E-state index contributed by atoms with van der Waals surface area (Å²) in [4.78, 5) is 0.0971. The predicted octanol–water partition coefficient (Wildman–Crippen LogP) is 3.19. The van der Waals surface area contributed by atoms with E-state index < -0.39 is 0 Å². The van der Waals surface area contributed by atoms with Gasteiger partial charge in [0.05, 0.1) is 0 Å². The van der Waals surface area contributed by atoms with E-state index in [1.807, 2.05) is 36.4 Å². The third kappa shape index (κ3) is 3.33.